The molecule has 1 atom stereocenters. The van der Waals surface area contributed by atoms with Crippen molar-refractivity contribution < 1.29 is 4.79 Å². The van der Waals surface area contributed by atoms with Crippen molar-refractivity contribution in [3.8, 4) is 0 Å². The van der Waals surface area contributed by atoms with Crippen molar-refractivity contribution in [2.24, 2.45) is 0 Å². The van der Waals surface area contributed by atoms with E-state index in [0.29, 0.717) is 12.6 Å². The fourth-order valence-corrected chi connectivity index (χ4v) is 2.97. The van der Waals surface area contributed by atoms with Crippen LogP contribution in [0, 0.1) is 0 Å². The topological polar surface area (TPSA) is 57.3 Å². The van der Waals surface area contributed by atoms with Crippen LogP contribution in [0.4, 0.5) is 4.79 Å². The van der Waals surface area contributed by atoms with Crippen LogP contribution in [-0.4, -0.2) is 41.1 Å². The van der Waals surface area contributed by atoms with E-state index in [1.165, 1.54) is 12.8 Å². The lowest BCUT2D eigenvalue weighted by atomic mass is 10.3. The van der Waals surface area contributed by atoms with Crippen molar-refractivity contribution in [3.63, 3.8) is 0 Å². The maximum Gasteiger partial charge on any atom is 0.315 e. The summed E-state index contributed by atoms with van der Waals surface area (Å²) in [5.74, 6) is 0. The molecule has 2 N–H and O–H groups in total. The molecule has 6 heteroatoms. The molecule has 0 aliphatic heterocycles. The number of urea groups is 1. The highest BCUT2D eigenvalue weighted by atomic mass is 32.1. The summed E-state index contributed by atoms with van der Waals surface area (Å²) in [5, 5.41) is 8.69. The molecule has 1 aromatic heterocycles. The molecule has 20 heavy (non-hydrogen) atoms. The minimum absolute atomic E-state index is 0.0420. The molecule has 1 fully saturated rings. The van der Waals surface area contributed by atoms with Crippen molar-refractivity contribution in [1.29, 1.82) is 0 Å². The number of carbonyl (C=O) groups excluding carboxylic acids is 1. The second-order valence-corrected chi connectivity index (χ2v) is 6.48. The van der Waals surface area contributed by atoms with Crippen LogP contribution < -0.4 is 10.6 Å². The summed E-state index contributed by atoms with van der Waals surface area (Å²) in [6.07, 6.45) is 4.35. The third-order valence-electron chi connectivity index (χ3n) is 3.50. The first-order chi connectivity index (χ1) is 9.58. The fraction of sp³-hybridized carbons (Fsp3) is 0.714. The summed E-state index contributed by atoms with van der Waals surface area (Å²) >= 11 is 1.56. The average molecular weight is 296 g/mol. The smallest absolute Gasteiger partial charge is 0.315 e. The molecule has 2 amide bonds. The van der Waals surface area contributed by atoms with Crippen LogP contribution in [0.25, 0.3) is 0 Å². The first-order valence-corrected chi connectivity index (χ1v) is 8.15. The number of rotatable bonds is 7. The molecular weight excluding hydrogens is 272 g/mol. The second kappa shape index (κ2) is 7.04. The van der Waals surface area contributed by atoms with E-state index in [1.54, 1.807) is 17.5 Å². The van der Waals surface area contributed by atoms with E-state index in [1.807, 2.05) is 12.3 Å². The van der Waals surface area contributed by atoms with Crippen LogP contribution in [0.3, 0.4) is 0 Å². The standard InChI is InChI=1S/C14H24N4OS/c1-10(2)18(12-4-5-12)8-6-16-14(19)17-11(3)13-15-7-9-20-13/h7,9-12H,4-6,8H2,1-3H3,(H2,16,17,19). The van der Waals surface area contributed by atoms with Crippen LogP contribution in [0.1, 0.15) is 44.7 Å². The van der Waals surface area contributed by atoms with Crippen molar-refractivity contribution >= 4 is 17.4 Å². The van der Waals surface area contributed by atoms with Crippen molar-refractivity contribution in [2.45, 2.75) is 51.7 Å². The first kappa shape index (κ1) is 15.3. The van der Waals surface area contributed by atoms with Gasteiger partial charge in [-0.25, -0.2) is 9.78 Å². The Labute approximate surface area is 124 Å². The van der Waals surface area contributed by atoms with Crippen LogP contribution >= 0.6 is 11.3 Å². The Balaban J connectivity index is 1.67. The quantitative estimate of drug-likeness (QED) is 0.812. The number of carbonyl (C=O) groups is 1. The molecule has 1 aromatic rings. The lowest BCUT2D eigenvalue weighted by molar-refractivity contribution is 0.206. The highest BCUT2D eigenvalue weighted by molar-refractivity contribution is 7.09. The molecule has 0 spiro atoms. The number of hydrogen-bond donors (Lipinski definition) is 2. The van der Waals surface area contributed by atoms with E-state index in [0.717, 1.165) is 17.6 Å². The monoisotopic (exact) mass is 296 g/mol. The normalized spacial score (nSPS) is 16.4. The van der Waals surface area contributed by atoms with Crippen molar-refractivity contribution in [3.05, 3.63) is 16.6 Å². The lowest BCUT2D eigenvalue weighted by Gasteiger charge is -2.26. The molecule has 1 unspecified atom stereocenters. The maximum absolute atomic E-state index is 11.8. The molecule has 0 bridgehead atoms. The lowest BCUT2D eigenvalue weighted by Crippen LogP contribution is -2.43. The maximum atomic E-state index is 11.8. The third-order valence-corrected chi connectivity index (χ3v) is 4.46. The molecule has 5 nitrogen and oxygen atoms in total. The van der Waals surface area contributed by atoms with Gasteiger partial charge in [0.05, 0.1) is 6.04 Å². The molecule has 2 rings (SSSR count). The molecule has 0 radical (unpaired) electrons. The van der Waals surface area contributed by atoms with Crippen LogP contribution in [0.15, 0.2) is 11.6 Å². The fourth-order valence-electron chi connectivity index (χ4n) is 2.32. The number of nitrogens with zero attached hydrogens (tertiary/aromatic N) is 2. The van der Waals surface area contributed by atoms with E-state index < -0.39 is 0 Å². The molecular formula is C14H24N4OS. The molecule has 112 valence electrons. The van der Waals surface area contributed by atoms with Gasteiger partial charge in [-0.1, -0.05) is 0 Å². The summed E-state index contributed by atoms with van der Waals surface area (Å²) in [5.41, 5.74) is 0. The van der Waals surface area contributed by atoms with Crippen LogP contribution in [-0.2, 0) is 0 Å². The number of nitrogens with one attached hydrogen (secondary N) is 2. The first-order valence-electron chi connectivity index (χ1n) is 7.27. The Morgan fingerprint density at radius 1 is 1.50 bits per heavy atom. The summed E-state index contributed by atoms with van der Waals surface area (Å²) in [6, 6.07) is 1.11. The van der Waals surface area contributed by atoms with Gasteiger partial charge in [-0.15, -0.1) is 11.3 Å². The van der Waals surface area contributed by atoms with Gasteiger partial charge in [-0.05, 0) is 33.6 Å². The van der Waals surface area contributed by atoms with Crippen LogP contribution in [0.2, 0.25) is 0 Å². The van der Waals surface area contributed by atoms with Gasteiger partial charge in [0.1, 0.15) is 5.01 Å². The Kier molecular flexibility index (Phi) is 5.37. The van der Waals surface area contributed by atoms with Gasteiger partial charge in [-0.3, -0.25) is 4.90 Å². The van der Waals surface area contributed by atoms with E-state index in [-0.39, 0.29) is 12.1 Å². The van der Waals surface area contributed by atoms with Crippen molar-refractivity contribution in [2.75, 3.05) is 13.1 Å². The highest BCUT2D eigenvalue weighted by Crippen LogP contribution is 2.27. The van der Waals surface area contributed by atoms with Crippen molar-refractivity contribution in [1.82, 2.24) is 20.5 Å². The SMILES string of the molecule is CC(NC(=O)NCCN(C(C)C)C1CC1)c1nccs1. The number of amides is 2. The molecule has 0 saturated heterocycles. The zero-order valence-corrected chi connectivity index (χ0v) is 13.2. The van der Waals surface area contributed by atoms with Gasteiger partial charge in [0.2, 0.25) is 0 Å². The van der Waals surface area contributed by atoms with Gasteiger partial charge in [0.25, 0.3) is 0 Å². The predicted octanol–water partition coefficient (Wildman–Crippen LogP) is 2.38. The number of aromatic nitrogens is 1. The largest absolute Gasteiger partial charge is 0.337 e. The molecule has 1 heterocycles. The zero-order chi connectivity index (χ0) is 14.5. The molecule has 1 saturated carbocycles. The minimum atomic E-state index is -0.118. The minimum Gasteiger partial charge on any atom is -0.337 e. The third kappa shape index (κ3) is 4.45. The van der Waals surface area contributed by atoms with Gasteiger partial charge >= 0.3 is 6.03 Å². The second-order valence-electron chi connectivity index (χ2n) is 5.56. The summed E-state index contributed by atoms with van der Waals surface area (Å²) in [4.78, 5) is 18.5. The Bertz CT molecular complexity index is 415. The summed E-state index contributed by atoms with van der Waals surface area (Å²) in [6.45, 7) is 7.97. The molecule has 1 aliphatic rings. The van der Waals surface area contributed by atoms with Crippen LogP contribution in [0.5, 0.6) is 0 Å². The van der Waals surface area contributed by atoms with E-state index >= 15 is 0 Å². The highest BCUT2D eigenvalue weighted by Gasteiger charge is 2.30. The Hall–Kier alpha value is -1.14. The van der Waals surface area contributed by atoms with E-state index in [4.69, 9.17) is 0 Å². The van der Waals surface area contributed by atoms with E-state index in [9.17, 15) is 4.79 Å². The van der Waals surface area contributed by atoms with E-state index in [2.05, 4.69) is 34.4 Å². The van der Waals surface area contributed by atoms with Gasteiger partial charge in [0.15, 0.2) is 0 Å². The summed E-state index contributed by atoms with van der Waals surface area (Å²) in [7, 11) is 0. The van der Waals surface area contributed by atoms with Gasteiger partial charge < -0.3 is 10.6 Å². The number of hydrogen-bond acceptors (Lipinski definition) is 4. The predicted molar refractivity (Wildman–Crippen MR) is 81.9 cm³/mol. The average Bonchev–Trinajstić information content (AvgIpc) is 3.06. The molecule has 1 aliphatic carbocycles. The zero-order valence-electron chi connectivity index (χ0n) is 12.4. The Morgan fingerprint density at radius 2 is 2.25 bits per heavy atom. The Morgan fingerprint density at radius 3 is 2.80 bits per heavy atom. The molecule has 0 aromatic carbocycles. The number of thiazole rings is 1. The summed E-state index contributed by atoms with van der Waals surface area (Å²) < 4.78 is 0. The van der Waals surface area contributed by atoms with Gasteiger partial charge in [-0.2, -0.15) is 0 Å². The van der Waals surface area contributed by atoms with Gasteiger partial charge in [0, 0.05) is 36.8 Å².